The van der Waals surface area contributed by atoms with Gasteiger partial charge >= 0.3 is 5.97 Å². The Morgan fingerprint density at radius 3 is 2.62 bits per heavy atom. The predicted octanol–water partition coefficient (Wildman–Crippen LogP) is 6.58. The van der Waals surface area contributed by atoms with Crippen molar-refractivity contribution in [3.8, 4) is 0 Å². The molecule has 1 aromatic heterocycles. The third-order valence-corrected chi connectivity index (χ3v) is 7.20. The first-order valence-corrected chi connectivity index (χ1v) is 12.2. The number of hydrogen-bond acceptors (Lipinski definition) is 6. The molecule has 0 aliphatic heterocycles. The van der Waals surface area contributed by atoms with Crippen LogP contribution in [0.15, 0.2) is 46.0 Å². The largest absolute Gasteiger partial charge is 0.461 e. The van der Waals surface area contributed by atoms with Gasteiger partial charge in [-0.1, -0.05) is 46.6 Å². The lowest BCUT2D eigenvalue weighted by Gasteiger charge is -2.17. The highest BCUT2D eigenvalue weighted by molar-refractivity contribution is 7.98. The minimum Gasteiger partial charge on any atom is -0.461 e. The van der Waals surface area contributed by atoms with E-state index >= 15 is 0 Å². The fourth-order valence-electron chi connectivity index (χ4n) is 3.68. The van der Waals surface area contributed by atoms with E-state index in [2.05, 4.69) is 5.16 Å². The number of aromatic nitrogens is 1. The van der Waals surface area contributed by atoms with Gasteiger partial charge in [-0.25, -0.2) is 4.79 Å². The highest BCUT2D eigenvalue weighted by Crippen LogP contribution is 2.47. The normalized spacial score (nSPS) is 13.2. The summed E-state index contributed by atoms with van der Waals surface area (Å²) in [6.45, 7) is 1.84. The maximum absolute atomic E-state index is 13.6. The molecule has 0 atom stereocenters. The van der Waals surface area contributed by atoms with Crippen molar-refractivity contribution in [2.75, 3.05) is 12.9 Å². The molecule has 32 heavy (non-hydrogen) atoms. The van der Waals surface area contributed by atoms with Crippen molar-refractivity contribution in [2.24, 2.45) is 0 Å². The van der Waals surface area contributed by atoms with E-state index in [9.17, 15) is 9.59 Å². The molecule has 0 bridgehead atoms. The zero-order chi connectivity index (χ0) is 22.8. The van der Waals surface area contributed by atoms with Crippen LogP contribution in [-0.4, -0.2) is 29.8 Å². The zero-order valence-corrected chi connectivity index (χ0v) is 19.9. The molecule has 0 spiro atoms. The van der Waals surface area contributed by atoms with Gasteiger partial charge in [0.05, 0.1) is 22.2 Å². The molecule has 0 N–H and O–H groups in total. The van der Waals surface area contributed by atoms with E-state index in [4.69, 9.17) is 32.5 Å². The number of carbonyl (C=O) groups excluding carboxylic acids is 2. The Morgan fingerprint density at radius 1 is 1.19 bits per heavy atom. The minimum absolute atomic E-state index is 0.0444. The SMILES string of the molecule is CCOC(=O)c1nocc1C(=O)c1cc(C2CC2)c(Cl)c(Cl)c1Cc1ccccc1SC. The molecule has 5 nitrogen and oxygen atoms in total. The maximum Gasteiger partial charge on any atom is 0.361 e. The van der Waals surface area contributed by atoms with Crippen LogP contribution in [0, 0.1) is 0 Å². The molecule has 0 radical (unpaired) electrons. The van der Waals surface area contributed by atoms with Gasteiger partial charge in [0.15, 0.2) is 5.78 Å². The second-order valence-electron chi connectivity index (χ2n) is 7.51. The average molecular weight is 490 g/mol. The number of ketones is 1. The van der Waals surface area contributed by atoms with Crippen molar-refractivity contribution in [2.45, 2.75) is 37.0 Å². The molecule has 1 aliphatic rings. The summed E-state index contributed by atoms with van der Waals surface area (Å²) < 4.78 is 9.98. The predicted molar refractivity (Wildman–Crippen MR) is 125 cm³/mol. The van der Waals surface area contributed by atoms with Crippen molar-refractivity contribution >= 4 is 46.7 Å². The maximum atomic E-state index is 13.6. The Morgan fingerprint density at radius 2 is 1.94 bits per heavy atom. The van der Waals surface area contributed by atoms with Gasteiger partial charge in [-0.05, 0) is 60.8 Å². The molecule has 0 saturated heterocycles. The summed E-state index contributed by atoms with van der Waals surface area (Å²) in [5, 5.41) is 4.55. The van der Waals surface area contributed by atoms with Gasteiger partial charge in [0.1, 0.15) is 6.26 Å². The monoisotopic (exact) mass is 489 g/mol. The topological polar surface area (TPSA) is 69.4 Å². The van der Waals surface area contributed by atoms with Crippen LogP contribution >= 0.6 is 35.0 Å². The van der Waals surface area contributed by atoms with E-state index in [0.717, 1.165) is 28.9 Å². The quantitative estimate of drug-likeness (QED) is 0.202. The molecule has 1 heterocycles. The molecule has 2 aromatic carbocycles. The standard InChI is InChI=1S/C24H21Cl2NO4S/c1-3-30-24(29)22-18(12-31-27-22)23(28)17-11-15(13-8-9-13)20(25)21(26)16(17)10-14-6-4-5-7-19(14)32-2/h4-7,11-13H,3,8-10H2,1-2H3. The van der Waals surface area contributed by atoms with Gasteiger partial charge in [0.25, 0.3) is 0 Å². The number of thioether (sulfide) groups is 1. The average Bonchev–Trinajstić information content (AvgIpc) is 3.52. The fraction of sp³-hybridized carbons (Fsp3) is 0.292. The Bertz CT molecular complexity index is 1190. The van der Waals surface area contributed by atoms with Crippen LogP contribution in [0.25, 0.3) is 0 Å². The highest BCUT2D eigenvalue weighted by Gasteiger charge is 2.32. The molecule has 1 aliphatic carbocycles. The third-order valence-electron chi connectivity index (χ3n) is 5.44. The molecule has 1 fully saturated rings. The first kappa shape index (κ1) is 22.9. The van der Waals surface area contributed by atoms with Crippen molar-refractivity contribution in [3.63, 3.8) is 0 Å². The van der Waals surface area contributed by atoms with Crippen LogP contribution in [0.2, 0.25) is 10.0 Å². The summed E-state index contributed by atoms with van der Waals surface area (Å²) in [5.74, 6) is -0.821. The van der Waals surface area contributed by atoms with Crippen LogP contribution < -0.4 is 0 Å². The summed E-state index contributed by atoms with van der Waals surface area (Å²) >= 11 is 15.0. The van der Waals surface area contributed by atoms with Crippen LogP contribution in [0.3, 0.4) is 0 Å². The van der Waals surface area contributed by atoms with E-state index in [0.29, 0.717) is 27.6 Å². The lowest BCUT2D eigenvalue weighted by molar-refractivity contribution is 0.0512. The van der Waals surface area contributed by atoms with E-state index in [1.165, 1.54) is 6.26 Å². The fourth-order valence-corrected chi connectivity index (χ4v) is 4.90. The van der Waals surface area contributed by atoms with Crippen molar-refractivity contribution in [1.82, 2.24) is 5.16 Å². The summed E-state index contributed by atoms with van der Waals surface area (Å²) in [5.41, 5.74) is 2.79. The Hall–Kier alpha value is -2.28. The Balaban J connectivity index is 1.84. The number of halogens is 2. The molecule has 8 heteroatoms. The second-order valence-corrected chi connectivity index (χ2v) is 9.11. The summed E-state index contributed by atoms with van der Waals surface area (Å²) in [4.78, 5) is 27.0. The molecule has 1 saturated carbocycles. The smallest absolute Gasteiger partial charge is 0.361 e. The van der Waals surface area contributed by atoms with Gasteiger partial charge in [-0.3, -0.25) is 4.79 Å². The number of ether oxygens (including phenoxy) is 1. The molecule has 166 valence electrons. The van der Waals surface area contributed by atoms with E-state index in [-0.39, 0.29) is 23.8 Å². The minimum atomic E-state index is -0.707. The van der Waals surface area contributed by atoms with Crippen LogP contribution in [0.5, 0.6) is 0 Å². The third kappa shape index (κ3) is 4.45. The molecule has 4 rings (SSSR count). The lowest BCUT2D eigenvalue weighted by atomic mass is 9.91. The van der Waals surface area contributed by atoms with Gasteiger partial charge in [-0.2, -0.15) is 0 Å². The van der Waals surface area contributed by atoms with Crippen molar-refractivity contribution < 1.29 is 18.8 Å². The zero-order valence-electron chi connectivity index (χ0n) is 17.6. The number of nitrogens with zero attached hydrogens (tertiary/aromatic N) is 1. The highest BCUT2D eigenvalue weighted by atomic mass is 35.5. The van der Waals surface area contributed by atoms with Gasteiger partial charge in [-0.15, -0.1) is 11.8 Å². The number of rotatable bonds is 8. The van der Waals surface area contributed by atoms with Crippen LogP contribution in [0.1, 0.15) is 68.8 Å². The second kappa shape index (κ2) is 9.69. The Labute approximate surface area is 200 Å². The summed E-state index contributed by atoms with van der Waals surface area (Å²) in [6.07, 6.45) is 5.59. The number of hydrogen-bond donors (Lipinski definition) is 0. The molecule has 0 amide bonds. The van der Waals surface area contributed by atoms with E-state index in [1.807, 2.05) is 36.6 Å². The van der Waals surface area contributed by atoms with Gasteiger partial charge < -0.3 is 9.26 Å². The lowest BCUT2D eigenvalue weighted by Crippen LogP contribution is -2.14. The van der Waals surface area contributed by atoms with Crippen molar-refractivity contribution in [1.29, 1.82) is 0 Å². The number of benzene rings is 2. The summed E-state index contributed by atoms with van der Waals surface area (Å²) in [7, 11) is 0. The van der Waals surface area contributed by atoms with Crippen LogP contribution in [0.4, 0.5) is 0 Å². The molecular weight excluding hydrogens is 469 g/mol. The van der Waals surface area contributed by atoms with Gasteiger partial charge in [0.2, 0.25) is 5.69 Å². The van der Waals surface area contributed by atoms with E-state index < -0.39 is 11.8 Å². The number of carbonyl (C=O) groups is 2. The first-order valence-electron chi connectivity index (χ1n) is 10.2. The van der Waals surface area contributed by atoms with Crippen molar-refractivity contribution in [3.05, 3.63) is 80.2 Å². The number of esters is 1. The molecular formula is C24H21Cl2NO4S. The molecule has 0 unspecified atom stereocenters. The van der Waals surface area contributed by atoms with E-state index in [1.54, 1.807) is 18.7 Å². The van der Waals surface area contributed by atoms with Gasteiger partial charge in [0, 0.05) is 16.9 Å². The molecule has 3 aromatic rings. The van der Waals surface area contributed by atoms with Crippen LogP contribution in [-0.2, 0) is 11.2 Å². The first-order chi connectivity index (χ1) is 15.5. The summed E-state index contributed by atoms with van der Waals surface area (Å²) in [6, 6.07) is 9.75. The Kier molecular flexibility index (Phi) is 6.93.